The van der Waals surface area contributed by atoms with Crippen LogP contribution in [0.15, 0.2) is 20.8 Å². The Morgan fingerprint density at radius 1 is 0.850 bits per heavy atom. The summed E-state index contributed by atoms with van der Waals surface area (Å²) in [6.45, 7) is 0.973. The summed E-state index contributed by atoms with van der Waals surface area (Å²) < 4.78 is 93.8. The molecule has 0 atom stereocenters. The Labute approximate surface area is 114 Å². The molecule has 0 aliphatic carbocycles. The Balaban J connectivity index is 4.30. The number of benzene rings is 1. The quantitative estimate of drug-likeness (QED) is 0.402. The second kappa shape index (κ2) is 4.64. The highest BCUT2D eigenvalue weighted by Gasteiger charge is 2.35. The van der Waals surface area contributed by atoms with Gasteiger partial charge >= 0.3 is 0 Å². The number of hydrogen-bond donors (Lipinski definition) is 4. The van der Waals surface area contributed by atoms with Gasteiger partial charge < -0.3 is 5.73 Å². The Morgan fingerprint density at radius 2 is 1.25 bits per heavy atom. The molecule has 0 amide bonds. The third kappa shape index (κ3) is 3.08. The summed E-state index contributed by atoms with van der Waals surface area (Å²) in [5.41, 5.74) is 4.26. The van der Waals surface area contributed by atoms with Gasteiger partial charge in [0.05, 0.1) is 0 Å². The van der Waals surface area contributed by atoms with Crippen molar-refractivity contribution in [2.45, 2.75) is 21.6 Å². The van der Waals surface area contributed by atoms with Crippen molar-refractivity contribution in [3.63, 3.8) is 0 Å². The van der Waals surface area contributed by atoms with Gasteiger partial charge in [-0.3, -0.25) is 13.7 Å². The van der Waals surface area contributed by atoms with E-state index in [1.54, 1.807) is 0 Å². The van der Waals surface area contributed by atoms with Crippen molar-refractivity contribution in [2.24, 2.45) is 0 Å². The van der Waals surface area contributed by atoms with Gasteiger partial charge in [0.1, 0.15) is 14.7 Å². The highest BCUT2D eigenvalue weighted by Crippen LogP contribution is 2.34. The van der Waals surface area contributed by atoms with Crippen LogP contribution in [0.4, 0.5) is 5.69 Å². The second-order valence-electron chi connectivity index (χ2n) is 3.67. The number of nitrogen functional groups attached to an aromatic ring is 1. The molecule has 0 bridgehead atoms. The minimum absolute atomic E-state index is 0.447. The molecule has 1 aromatic carbocycles. The Morgan fingerprint density at radius 3 is 1.55 bits per heavy atom. The molecule has 0 saturated carbocycles. The van der Waals surface area contributed by atoms with Crippen LogP contribution >= 0.6 is 0 Å². The van der Waals surface area contributed by atoms with E-state index in [1.165, 1.54) is 0 Å². The smallest absolute Gasteiger partial charge is 0.297 e. The molecule has 114 valence electrons. The summed E-state index contributed by atoms with van der Waals surface area (Å²) >= 11 is 0. The standard InChI is InChI=1S/C7H9NO9S3/c1-3-4(8)2-5(18(9,10)11)7(20(15,16)17)6(3)19(12,13)14/h2H,8H2,1H3,(H,9,10,11)(H,12,13,14)(H,15,16,17). The number of rotatable bonds is 3. The Kier molecular flexibility index (Phi) is 3.90. The first kappa shape index (κ1) is 16.8. The van der Waals surface area contributed by atoms with Gasteiger partial charge in [0.15, 0.2) is 0 Å². The molecule has 0 spiro atoms. The molecular weight excluding hydrogens is 338 g/mol. The molecule has 0 aromatic heterocycles. The van der Waals surface area contributed by atoms with Crippen LogP contribution in [0, 0.1) is 6.92 Å². The van der Waals surface area contributed by atoms with E-state index in [1.807, 2.05) is 0 Å². The Bertz CT molecular complexity index is 880. The largest absolute Gasteiger partial charge is 0.398 e. The van der Waals surface area contributed by atoms with Crippen molar-refractivity contribution < 1.29 is 38.9 Å². The number of hydrogen-bond acceptors (Lipinski definition) is 7. The normalized spacial score (nSPS) is 13.4. The minimum Gasteiger partial charge on any atom is -0.398 e. The summed E-state index contributed by atoms with van der Waals surface area (Å²) in [5, 5.41) is 0. The zero-order chi connectivity index (χ0) is 16.1. The summed E-state index contributed by atoms with van der Waals surface area (Å²) in [5.74, 6) is 0. The number of anilines is 1. The van der Waals surface area contributed by atoms with Gasteiger partial charge in [-0.05, 0) is 18.6 Å². The maximum absolute atomic E-state index is 11.2. The maximum Gasteiger partial charge on any atom is 0.297 e. The topological polar surface area (TPSA) is 189 Å². The average molecular weight is 347 g/mol. The second-order valence-corrected chi connectivity index (χ2v) is 7.78. The fourth-order valence-electron chi connectivity index (χ4n) is 1.47. The summed E-state index contributed by atoms with van der Waals surface area (Å²) in [7, 11) is -15.9. The molecule has 1 aromatic rings. The van der Waals surface area contributed by atoms with Crippen molar-refractivity contribution >= 4 is 36.0 Å². The van der Waals surface area contributed by atoms with E-state index in [0.717, 1.165) is 6.92 Å². The van der Waals surface area contributed by atoms with Gasteiger partial charge in [-0.25, -0.2) is 0 Å². The van der Waals surface area contributed by atoms with E-state index < -0.39 is 56.3 Å². The SMILES string of the molecule is Cc1c(N)cc(S(=O)(=O)O)c(S(=O)(=O)O)c1S(=O)(=O)O. The van der Waals surface area contributed by atoms with Crippen LogP contribution in [-0.2, 0) is 30.4 Å². The van der Waals surface area contributed by atoms with Crippen molar-refractivity contribution in [3.8, 4) is 0 Å². The van der Waals surface area contributed by atoms with Gasteiger partial charge in [0, 0.05) is 5.69 Å². The molecule has 0 unspecified atom stereocenters. The molecule has 0 aliphatic rings. The molecule has 20 heavy (non-hydrogen) atoms. The van der Waals surface area contributed by atoms with Crippen LogP contribution in [0.5, 0.6) is 0 Å². The van der Waals surface area contributed by atoms with Gasteiger partial charge in [-0.2, -0.15) is 25.3 Å². The predicted molar refractivity (Wildman–Crippen MR) is 65.0 cm³/mol. The molecular formula is C7H9NO9S3. The molecule has 0 saturated heterocycles. The lowest BCUT2D eigenvalue weighted by Gasteiger charge is -2.13. The highest BCUT2D eigenvalue weighted by molar-refractivity contribution is 7.90. The summed E-state index contributed by atoms with van der Waals surface area (Å²) in [6, 6.07) is 0.447. The van der Waals surface area contributed by atoms with E-state index in [4.69, 9.17) is 19.4 Å². The molecule has 0 radical (unpaired) electrons. The van der Waals surface area contributed by atoms with Crippen molar-refractivity contribution in [1.29, 1.82) is 0 Å². The lowest BCUT2D eigenvalue weighted by Crippen LogP contribution is -2.17. The first-order valence-corrected chi connectivity index (χ1v) is 8.85. The molecule has 10 nitrogen and oxygen atoms in total. The van der Waals surface area contributed by atoms with Crippen LogP contribution < -0.4 is 5.73 Å². The zero-order valence-corrected chi connectivity index (χ0v) is 12.1. The maximum atomic E-state index is 11.2. The predicted octanol–water partition coefficient (Wildman–Crippen LogP) is -0.683. The van der Waals surface area contributed by atoms with Crippen LogP contribution in [0.2, 0.25) is 0 Å². The fourth-order valence-corrected chi connectivity index (χ4v) is 4.96. The van der Waals surface area contributed by atoms with Crippen LogP contribution in [0.3, 0.4) is 0 Å². The highest BCUT2D eigenvalue weighted by atomic mass is 32.2. The van der Waals surface area contributed by atoms with Crippen molar-refractivity contribution in [1.82, 2.24) is 0 Å². The lowest BCUT2D eigenvalue weighted by molar-refractivity contribution is 0.455. The van der Waals surface area contributed by atoms with E-state index in [0.29, 0.717) is 6.07 Å². The van der Waals surface area contributed by atoms with E-state index in [-0.39, 0.29) is 0 Å². The van der Waals surface area contributed by atoms with Gasteiger partial charge in [0.2, 0.25) is 0 Å². The summed E-state index contributed by atoms with van der Waals surface area (Å²) in [4.78, 5) is -4.56. The lowest BCUT2D eigenvalue weighted by atomic mass is 10.2. The zero-order valence-electron chi connectivity index (χ0n) is 9.67. The average Bonchev–Trinajstić information content (AvgIpc) is 2.15. The molecule has 0 aliphatic heterocycles. The molecule has 13 heteroatoms. The third-order valence-corrected chi connectivity index (χ3v) is 5.39. The van der Waals surface area contributed by atoms with Crippen LogP contribution in [0.25, 0.3) is 0 Å². The van der Waals surface area contributed by atoms with Gasteiger partial charge in [-0.1, -0.05) is 0 Å². The summed E-state index contributed by atoms with van der Waals surface area (Å²) in [6.07, 6.45) is 0. The first-order valence-electron chi connectivity index (χ1n) is 4.53. The van der Waals surface area contributed by atoms with Gasteiger partial charge in [0.25, 0.3) is 30.4 Å². The van der Waals surface area contributed by atoms with Crippen LogP contribution in [0.1, 0.15) is 5.56 Å². The molecule has 5 N–H and O–H groups in total. The van der Waals surface area contributed by atoms with E-state index >= 15 is 0 Å². The monoisotopic (exact) mass is 347 g/mol. The first-order chi connectivity index (χ1) is 8.67. The third-order valence-electron chi connectivity index (χ3n) is 2.28. The number of nitrogens with two attached hydrogens (primary N) is 1. The van der Waals surface area contributed by atoms with Crippen LogP contribution in [-0.4, -0.2) is 38.9 Å². The molecule has 1 rings (SSSR count). The van der Waals surface area contributed by atoms with Gasteiger partial charge in [-0.15, -0.1) is 0 Å². The fraction of sp³-hybridized carbons (Fsp3) is 0.143. The van der Waals surface area contributed by atoms with Crippen molar-refractivity contribution in [2.75, 3.05) is 5.73 Å². The minimum atomic E-state index is -5.40. The molecule has 0 fully saturated rings. The van der Waals surface area contributed by atoms with E-state index in [9.17, 15) is 25.3 Å². The van der Waals surface area contributed by atoms with Crippen molar-refractivity contribution in [3.05, 3.63) is 11.6 Å². The van der Waals surface area contributed by atoms with E-state index in [2.05, 4.69) is 0 Å². The molecule has 0 heterocycles. The Hall–Kier alpha value is -1.25.